The van der Waals surface area contributed by atoms with E-state index in [1.807, 2.05) is 12.3 Å². The second-order valence-electron chi connectivity index (χ2n) is 4.93. The summed E-state index contributed by atoms with van der Waals surface area (Å²) in [6.45, 7) is 2.69. The largest absolute Gasteiger partial charge is 0.347 e. The zero-order valence-electron chi connectivity index (χ0n) is 11.8. The van der Waals surface area contributed by atoms with Crippen molar-refractivity contribution in [3.63, 3.8) is 0 Å². The topological polar surface area (TPSA) is 56.7 Å². The van der Waals surface area contributed by atoms with Gasteiger partial charge in [-0.05, 0) is 25.6 Å². The summed E-state index contributed by atoms with van der Waals surface area (Å²) in [6.07, 6.45) is 2.52. The Morgan fingerprint density at radius 1 is 1.20 bits per heavy atom. The molecule has 2 N–H and O–H groups in total. The number of aryl methyl sites for hydroxylation is 1. The molecule has 0 aliphatic carbocycles. The number of nitrogens with two attached hydrogens (primary N) is 1. The van der Waals surface area contributed by atoms with Gasteiger partial charge in [-0.1, -0.05) is 18.2 Å². The number of aromatic nitrogens is 3. The summed E-state index contributed by atoms with van der Waals surface area (Å²) < 4.78 is 2.20. The molecule has 0 saturated heterocycles. The first-order chi connectivity index (χ1) is 9.72. The van der Waals surface area contributed by atoms with Crippen LogP contribution in [0.2, 0.25) is 0 Å². The summed E-state index contributed by atoms with van der Waals surface area (Å²) in [5.74, 6) is 0.803. The number of benzene rings is 1. The van der Waals surface area contributed by atoms with Gasteiger partial charge in [0.25, 0.3) is 0 Å². The van der Waals surface area contributed by atoms with E-state index in [9.17, 15) is 0 Å². The fourth-order valence-corrected chi connectivity index (χ4v) is 2.63. The molecule has 0 bridgehead atoms. The molecule has 0 unspecified atom stereocenters. The highest BCUT2D eigenvalue weighted by Gasteiger charge is 2.14. The fraction of sp³-hybridized carbons (Fsp3) is 0.250. The maximum Gasteiger partial charge on any atom is 0.130 e. The van der Waals surface area contributed by atoms with E-state index in [0.29, 0.717) is 13.0 Å². The Kier molecular flexibility index (Phi) is 3.24. The molecule has 0 spiro atoms. The fourth-order valence-electron chi connectivity index (χ4n) is 2.63. The standard InChI is InChI=1S/C16H18N4/c1-11-16(12-5-3-4-6-14(12)20(11)2)13-8-10-18-15(19-13)7-9-17/h3-6,8,10H,7,9,17H2,1-2H3. The van der Waals surface area contributed by atoms with Crippen LogP contribution in [-0.4, -0.2) is 21.1 Å². The molecule has 0 atom stereocenters. The van der Waals surface area contributed by atoms with Crippen molar-refractivity contribution >= 4 is 10.9 Å². The maximum absolute atomic E-state index is 5.59. The molecule has 0 radical (unpaired) electrons. The summed E-state index contributed by atoms with van der Waals surface area (Å²) >= 11 is 0. The molecule has 2 aromatic heterocycles. The highest BCUT2D eigenvalue weighted by Crippen LogP contribution is 2.32. The molecule has 4 heteroatoms. The molecule has 0 saturated carbocycles. The number of rotatable bonds is 3. The quantitative estimate of drug-likeness (QED) is 0.792. The lowest BCUT2D eigenvalue weighted by atomic mass is 10.1. The van der Waals surface area contributed by atoms with E-state index in [1.54, 1.807) is 0 Å². The van der Waals surface area contributed by atoms with Gasteiger partial charge in [-0.2, -0.15) is 0 Å². The van der Waals surface area contributed by atoms with Crippen molar-refractivity contribution in [1.82, 2.24) is 14.5 Å². The summed E-state index contributed by atoms with van der Waals surface area (Å²) in [7, 11) is 2.09. The van der Waals surface area contributed by atoms with Crippen LogP contribution in [0, 0.1) is 6.92 Å². The SMILES string of the molecule is Cc1c(-c2ccnc(CCN)n2)c2ccccc2n1C. The van der Waals surface area contributed by atoms with E-state index in [1.165, 1.54) is 22.2 Å². The molecule has 0 fully saturated rings. The van der Waals surface area contributed by atoms with Crippen LogP contribution < -0.4 is 5.73 Å². The average molecular weight is 266 g/mol. The molecule has 1 aromatic carbocycles. The predicted molar refractivity (Wildman–Crippen MR) is 81.4 cm³/mol. The van der Waals surface area contributed by atoms with Crippen molar-refractivity contribution in [2.45, 2.75) is 13.3 Å². The number of nitrogens with zero attached hydrogens (tertiary/aromatic N) is 3. The highest BCUT2D eigenvalue weighted by atomic mass is 15.0. The molecule has 0 aliphatic heterocycles. The van der Waals surface area contributed by atoms with Crippen molar-refractivity contribution in [2.75, 3.05) is 6.54 Å². The Morgan fingerprint density at radius 3 is 2.80 bits per heavy atom. The van der Waals surface area contributed by atoms with E-state index in [0.717, 1.165) is 11.5 Å². The normalized spacial score (nSPS) is 11.2. The second-order valence-corrected chi connectivity index (χ2v) is 4.93. The van der Waals surface area contributed by atoms with Crippen LogP contribution in [-0.2, 0) is 13.5 Å². The Balaban J connectivity index is 2.24. The summed E-state index contributed by atoms with van der Waals surface area (Å²) in [5.41, 5.74) is 10.2. The molecule has 0 aliphatic rings. The van der Waals surface area contributed by atoms with Crippen LogP contribution in [0.3, 0.4) is 0 Å². The minimum absolute atomic E-state index is 0.567. The van der Waals surface area contributed by atoms with E-state index < -0.39 is 0 Å². The van der Waals surface area contributed by atoms with Gasteiger partial charge >= 0.3 is 0 Å². The molecule has 3 aromatic rings. The zero-order chi connectivity index (χ0) is 14.1. The summed E-state index contributed by atoms with van der Waals surface area (Å²) in [6, 6.07) is 10.4. The Morgan fingerprint density at radius 2 is 2.00 bits per heavy atom. The van der Waals surface area contributed by atoms with Crippen molar-refractivity contribution in [3.8, 4) is 11.3 Å². The average Bonchev–Trinajstić information content (AvgIpc) is 2.72. The Hall–Kier alpha value is -2.20. The van der Waals surface area contributed by atoms with Crippen molar-refractivity contribution in [2.24, 2.45) is 12.8 Å². The zero-order valence-corrected chi connectivity index (χ0v) is 11.8. The molecule has 2 heterocycles. The van der Waals surface area contributed by atoms with Gasteiger partial charge in [-0.3, -0.25) is 0 Å². The molecule has 0 amide bonds. The van der Waals surface area contributed by atoms with Crippen molar-refractivity contribution in [3.05, 3.63) is 48.0 Å². The van der Waals surface area contributed by atoms with Gasteiger partial charge < -0.3 is 10.3 Å². The summed E-state index contributed by atoms with van der Waals surface area (Å²) in [5, 5.41) is 1.23. The van der Waals surface area contributed by atoms with Crippen molar-refractivity contribution < 1.29 is 0 Å². The molecular weight excluding hydrogens is 248 g/mol. The molecular formula is C16H18N4. The number of hydrogen-bond donors (Lipinski definition) is 1. The first-order valence-corrected chi connectivity index (χ1v) is 6.78. The third kappa shape index (κ3) is 1.98. The van der Waals surface area contributed by atoms with Gasteiger partial charge in [0.05, 0.1) is 5.69 Å². The Bertz CT molecular complexity index is 758. The van der Waals surface area contributed by atoms with E-state index in [-0.39, 0.29) is 0 Å². The van der Waals surface area contributed by atoms with Gasteiger partial charge in [0.1, 0.15) is 5.82 Å². The number of hydrogen-bond acceptors (Lipinski definition) is 3. The minimum Gasteiger partial charge on any atom is -0.347 e. The lowest BCUT2D eigenvalue weighted by molar-refractivity contribution is 0.868. The smallest absolute Gasteiger partial charge is 0.130 e. The van der Waals surface area contributed by atoms with Crippen LogP contribution in [0.15, 0.2) is 36.5 Å². The highest BCUT2D eigenvalue weighted by molar-refractivity contribution is 5.97. The van der Waals surface area contributed by atoms with E-state index >= 15 is 0 Å². The maximum atomic E-state index is 5.59. The Labute approximate surface area is 118 Å². The minimum atomic E-state index is 0.567. The van der Waals surface area contributed by atoms with Crippen LogP contribution in [0.5, 0.6) is 0 Å². The van der Waals surface area contributed by atoms with Crippen LogP contribution in [0.25, 0.3) is 22.2 Å². The number of para-hydroxylation sites is 1. The third-order valence-corrected chi connectivity index (χ3v) is 3.73. The van der Waals surface area contributed by atoms with Gasteiger partial charge in [-0.15, -0.1) is 0 Å². The van der Waals surface area contributed by atoms with Crippen LogP contribution >= 0.6 is 0 Å². The first kappa shape index (κ1) is 12.8. The molecule has 3 rings (SSSR count). The van der Waals surface area contributed by atoms with Crippen LogP contribution in [0.1, 0.15) is 11.5 Å². The first-order valence-electron chi connectivity index (χ1n) is 6.78. The van der Waals surface area contributed by atoms with E-state index in [4.69, 9.17) is 5.73 Å². The van der Waals surface area contributed by atoms with Gasteiger partial charge in [0.15, 0.2) is 0 Å². The monoisotopic (exact) mass is 266 g/mol. The molecule has 20 heavy (non-hydrogen) atoms. The van der Waals surface area contributed by atoms with Gasteiger partial charge in [0, 0.05) is 41.8 Å². The van der Waals surface area contributed by atoms with Crippen molar-refractivity contribution in [1.29, 1.82) is 0 Å². The lowest BCUT2D eigenvalue weighted by Crippen LogP contribution is -2.06. The summed E-state index contributed by atoms with van der Waals surface area (Å²) in [4.78, 5) is 8.93. The van der Waals surface area contributed by atoms with Crippen LogP contribution in [0.4, 0.5) is 0 Å². The lowest BCUT2D eigenvalue weighted by Gasteiger charge is -2.04. The second kappa shape index (κ2) is 5.06. The van der Waals surface area contributed by atoms with E-state index in [2.05, 4.69) is 52.8 Å². The number of fused-ring (bicyclic) bond motifs is 1. The predicted octanol–water partition coefficient (Wildman–Crippen LogP) is 2.44. The molecule has 102 valence electrons. The third-order valence-electron chi connectivity index (χ3n) is 3.73. The van der Waals surface area contributed by atoms with Gasteiger partial charge in [0.2, 0.25) is 0 Å². The van der Waals surface area contributed by atoms with Gasteiger partial charge in [-0.25, -0.2) is 9.97 Å². The molecule has 4 nitrogen and oxygen atoms in total.